The molecular formula is C29H30N6O2. The van der Waals surface area contributed by atoms with Crippen molar-refractivity contribution >= 4 is 46.9 Å². The summed E-state index contributed by atoms with van der Waals surface area (Å²) in [5, 5.41) is 2.80. The zero-order chi connectivity index (χ0) is 26.4. The smallest absolute Gasteiger partial charge is 0.247 e. The molecule has 1 aliphatic carbocycles. The minimum absolute atomic E-state index is 0.275. The molecule has 0 saturated carbocycles. The van der Waals surface area contributed by atoms with Crippen LogP contribution in [0.25, 0.3) is 5.57 Å². The minimum atomic E-state index is -0.318. The largest absolute Gasteiger partial charge is 0.368 e. The summed E-state index contributed by atoms with van der Waals surface area (Å²) in [6, 6.07) is 15.2. The number of amides is 2. The van der Waals surface area contributed by atoms with E-state index in [0.717, 1.165) is 46.9 Å². The van der Waals surface area contributed by atoms with E-state index in [0.29, 0.717) is 12.2 Å². The number of nitrogens with two attached hydrogens (primary N) is 1. The van der Waals surface area contributed by atoms with Crippen LogP contribution in [0.3, 0.4) is 0 Å². The maximum Gasteiger partial charge on any atom is 0.247 e. The van der Waals surface area contributed by atoms with Crippen LogP contribution in [0.2, 0.25) is 0 Å². The molecule has 8 nitrogen and oxygen atoms in total. The van der Waals surface area contributed by atoms with E-state index in [-0.39, 0.29) is 17.9 Å². The molecule has 0 aromatic heterocycles. The molecule has 2 amide bonds. The molecule has 1 saturated heterocycles. The van der Waals surface area contributed by atoms with Crippen LogP contribution in [0.1, 0.15) is 5.56 Å². The number of primary amides is 1. The first-order valence-corrected chi connectivity index (χ1v) is 11.9. The second kappa shape index (κ2) is 11.5. The van der Waals surface area contributed by atoms with E-state index in [9.17, 15) is 9.59 Å². The number of aliphatic imine (C=N–C) groups is 2. The molecule has 3 N–H and O–H groups in total. The SMILES string of the molecule is C=CC(=O)Nc1cccc(C2=CC=C/C(=C/N=C)C2=Nc2ccc(N3CCN(C)C(C(N)=O)C3)cc2)c1. The van der Waals surface area contributed by atoms with Gasteiger partial charge in [-0.3, -0.25) is 19.5 Å². The molecule has 2 aromatic rings. The van der Waals surface area contributed by atoms with Gasteiger partial charge in [0, 0.05) is 48.4 Å². The molecule has 0 bridgehead atoms. The highest BCUT2D eigenvalue weighted by Crippen LogP contribution is 2.30. The van der Waals surface area contributed by atoms with Gasteiger partial charge in [0.05, 0.1) is 11.4 Å². The van der Waals surface area contributed by atoms with Crippen LogP contribution >= 0.6 is 0 Å². The van der Waals surface area contributed by atoms with Crippen LogP contribution in [0.5, 0.6) is 0 Å². The molecule has 1 fully saturated rings. The van der Waals surface area contributed by atoms with Gasteiger partial charge in [-0.2, -0.15) is 0 Å². The maximum atomic E-state index is 11.8. The third kappa shape index (κ3) is 5.99. The number of allylic oxidation sites excluding steroid dienone is 5. The maximum absolute atomic E-state index is 11.8. The van der Waals surface area contributed by atoms with Crippen LogP contribution in [0, 0.1) is 0 Å². The van der Waals surface area contributed by atoms with Crippen molar-refractivity contribution < 1.29 is 9.59 Å². The normalized spacial score (nSPS) is 20.0. The molecule has 1 aliphatic heterocycles. The summed E-state index contributed by atoms with van der Waals surface area (Å²) < 4.78 is 0. The third-order valence-electron chi connectivity index (χ3n) is 6.36. The van der Waals surface area contributed by atoms with Crippen LogP contribution in [0.15, 0.2) is 101 Å². The first-order chi connectivity index (χ1) is 17.9. The summed E-state index contributed by atoms with van der Waals surface area (Å²) in [5.74, 6) is -0.592. The summed E-state index contributed by atoms with van der Waals surface area (Å²) in [5.41, 5.74) is 11.4. The van der Waals surface area contributed by atoms with Crippen molar-refractivity contribution in [3.8, 4) is 0 Å². The molecule has 37 heavy (non-hydrogen) atoms. The Hall–Kier alpha value is -4.56. The number of nitrogens with one attached hydrogen (secondary N) is 1. The highest BCUT2D eigenvalue weighted by atomic mass is 16.2. The number of rotatable bonds is 7. The number of piperazine rings is 1. The Kier molecular flexibility index (Phi) is 7.90. The molecule has 2 aromatic carbocycles. The Morgan fingerprint density at radius 2 is 1.95 bits per heavy atom. The molecule has 0 spiro atoms. The summed E-state index contributed by atoms with van der Waals surface area (Å²) >= 11 is 0. The number of carbonyl (C=O) groups is 2. The van der Waals surface area contributed by atoms with Crippen molar-refractivity contribution in [3.05, 3.63) is 96.8 Å². The lowest BCUT2D eigenvalue weighted by Crippen LogP contribution is -2.56. The molecule has 188 valence electrons. The van der Waals surface area contributed by atoms with Crippen molar-refractivity contribution in [2.75, 3.05) is 36.9 Å². The number of anilines is 2. The number of carbonyl (C=O) groups excluding carboxylic acids is 2. The Morgan fingerprint density at radius 1 is 1.16 bits per heavy atom. The lowest BCUT2D eigenvalue weighted by molar-refractivity contribution is -0.122. The minimum Gasteiger partial charge on any atom is -0.368 e. The van der Waals surface area contributed by atoms with Crippen LogP contribution < -0.4 is 16.0 Å². The van der Waals surface area contributed by atoms with Gasteiger partial charge in [-0.05, 0) is 61.8 Å². The van der Waals surface area contributed by atoms with E-state index in [2.05, 4.69) is 28.5 Å². The third-order valence-corrected chi connectivity index (χ3v) is 6.36. The topological polar surface area (TPSA) is 103 Å². The zero-order valence-electron chi connectivity index (χ0n) is 20.8. The van der Waals surface area contributed by atoms with E-state index < -0.39 is 0 Å². The van der Waals surface area contributed by atoms with Crippen molar-refractivity contribution in [1.82, 2.24) is 4.90 Å². The standard InChI is InChI=1S/C29H30N6O2/c1-4-27(36)32-23-9-5-7-20(17-23)25-10-6-8-21(18-31-2)28(25)33-22-11-13-24(14-12-22)35-16-15-34(3)26(19-35)29(30)37/h4-14,17-18,26H,1-2,15-16,19H2,3H3,(H2,30,37)(H,32,36)/b21-18-,33-28?. The van der Waals surface area contributed by atoms with E-state index in [4.69, 9.17) is 10.7 Å². The highest BCUT2D eigenvalue weighted by molar-refractivity contribution is 6.34. The average molecular weight is 495 g/mol. The Morgan fingerprint density at radius 3 is 2.65 bits per heavy atom. The van der Waals surface area contributed by atoms with Gasteiger partial charge in [0.25, 0.3) is 0 Å². The van der Waals surface area contributed by atoms with Gasteiger partial charge in [0.1, 0.15) is 6.04 Å². The first-order valence-electron chi connectivity index (χ1n) is 11.9. The average Bonchev–Trinajstić information content (AvgIpc) is 2.90. The molecular weight excluding hydrogens is 464 g/mol. The molecule has 1 atom stereocenters. The Balaban J connectivity index is 1.64. The zero-order valence-corrected chi connectivity index (χ0v) is 20.8. The van der Waals surface area contributed by atoms with Gasteiger partial charge < -0.3 is 16.0 Å². The summed E-state index contributed by atoms with van der Waals surface area (Å²) in [4.78, 5) is 36.7. The van der Waals surface area contributed by atoms with E-state index >= 15 is 0 Å². The quantitative estimate of drug-likeness (QED) is 0.452. The van der Waals surface area contributed by atoms with Crippen molar-refractivity contribution in [2.45, 2.75) is 6.04 Å². The number of hydrogen-bond acceptors (Lipinski definition) is 6. The van der Waals surface area contributed by atoms with E-state index in [1.165, 1.54) is 6.08 Å². The monoisotopic (exact) mass is 494 g/mol. The lowest BCUT2D eigenvalue weighted by Gasteiger charge is -2.39. The number of likely N-dealkylation sites (N-methyl/N-ethyl adjacent to an activating group) is 1. The van der Waals surface area contributed by atoms with Crippen molar-refractivity contribution in [1.29, 1.82) is 0 Å². The molecule has 1 unspecified atom stereocenters. The fourth-order valence-electron chi connectivity index (χ4n) is 4.36. The lowest BCUT2D eigenvalue weighted by atomic mass is 9.91. The van der Waals surface area contributed by atoms with Gasteiger partial charge >= 0.3 is 0 Å². The Labute approximate surface area is 216 Å². The summed E-state index contributed by atoms with van der Waals surface area (Å²) in [7, 11) is 1.92. The predicted molar refractivity (Wildman–Crippen MR) is 151 cm³/mol. The summed E-state index contributed by atoms with van der Waals surface area (Å²) in [6.45, 7) is 9.23. The number of hydrogen-bond donors (Lipinski definition) is 2. The summed E-state index contributed by atoms with van der Waals surface area (Å²) in [6.07, 6.45) is 8.76. The highest BCUT2D eigenvalue weighted by Gasteiger charge is 2.28. The van der Waals surface area contributed by atoms with E-state index in [1.54, 1.807) is 6.20 Å². The number of benzene rings is 2. The Bertz CT molecular complexity index is 1340. The second-order valence-corrected chi connectivity index (χ2v) is 8.80. The molecule has 4 rings (SSSR count). The fourth-order valence-corrected chi connectivity index (χ4v) is 4.36. The van der Waals surface area contributed by atoms with Gasteiger partial charge in [-0.15, -0.1) is 0 Å². The first kappa shape index (κ1) is 25.5. The van der Waals surface area contributed by atoms with Gasteiger partial charge in [0.2, 0.25) is 11.8 Å². The molecule has 2 aliphatic rings. The van der Waals surface area contributed by atoms with Crippen molar-refractivity contribution in [3.63, 3.8) is 0 Å². The van der Waals surface area contributed by atoms with E-state index in [1.807, 2.05) is 78.7 Å². The fraction of sp³-hybridized carbons (Fsp3) is 0.172. The molecule has 8 heteroatoms. The van der Waals surface area contributed by atoms with Gasteiger partial charge in [0.15, 0.2) is 0 Å². The predicted octanol–water partition coefficient (Wildman–Crippen LogP) is 3.73. The van der Waals surface area contributed by atoms with Crippen LogP contribution in [0.4, 0.5) is 17.1 Å². The van der Waals surface area contributed by atoms with Crippen LogP contribution in [-0.2, 0) is 9.59 Å². The molecule has 0 radical (unpaired) electrons. The van der Waals surface area contributed by atoms with Crippen LogP contribution in [-0.4, -0.2) is 61.9 Å². The van der Waals surface area contributed by atoms with Gasteiger partial charge in [-0.25, -0.2) is 4.99 Å². The second-order valence-electron chi connectivity index (χ2n) is 8.80. The molecule has 1 heterocycles. The van der Waals surface area contributed by atoms with Crippen molar-refractivity contribution in [2.24, 2.45) is 15.7 Å². The number of nitrogens with zero attached hydrogens (tertiary/aromatic N) is 4. The van der Waals surface area contributed by atoms with Gasteiger partial charge in [-0.1, -0.05) is 36.9 Å².